The lowest BCUT2D eigenvalue weighted by Crippen LogP contribution is -2.35. The van der Waals surface area contributed by atoms with Crippen LogP contribution in [0.15, 0.2) is 42.6 Å². The molecule has 0 spiro atoms. The third-order valence-electron chi connectivity index (χ3n) is 4.03. The summed E-state index contributed by atoms with van der Waals surface area (Å²) in [4.78, 5) is 18.6. The van der Waals surface area contributed by atoms with Gasteiger partial charge in [-0.1, -0.05) is 6.07 Å². The number of nitrogens with one attached hydrogen (secondary N) is 1. The first kappa shape index (κ1) is 16.4. The summed E-state index contributed by atoms with van der Waals surface area (Å²) in [6.07, 6.45) is 3.69. The lowest BCUT2D eigenvalue weighted by Gasteiger charge is -2.28. The van der Waals surface area contributed by atoms with Crippen molar-refractivity contribution in [3.05, 3.63) is 54.0 Å². The topological polar surface area (TPSA) is 54.5 Å². The van der Waals surface area contributed by atoms with Crippen LogP contribution in [0.4, 0.5) is 10.1 Å². The molecule has 126 valence electrons. The van der Waals surface area contributed by atoms with Crippen molar-refractivity contribution in [2.75, 3.05) is 25.5 Å². The van der Waals surface area contributed by atoms with E-state index >= 15 is 0 Å². The molecule has 1 N–H and O–H groups in total. The molecule has 3 rings (SSSR count). The minimum Gasteiger partial charge on any atom is -0.474 e. The molecule has 0 atom stereocenters. The van der Waals surface area contributed by atoms with Crippen LogP contribution in [-0.4, -0.2) is 42.0 Å². The van der Waals surface area contributed by atoms with Crippen LogP contribution in [0.5, 0.6) is 5.88 Å². The molecule has 0 aliphatic carbocycles. The second-order valence-electron chi connectivity index (χ2n) is 5.97. The first-order valence-electron chi connectivity index (χ1n) is 7.98. The lowest BCUT2D eigenvalue weighted by atomic mass is 10.1. The zero-order valence-electron chi connectivity index (χ0n) is 13.5. The molecule has 0 radical (unpaired) electrons. The van der Waals surface area contributed by atoms with Crippen LogP contribution >= 0.6 is 0 Å². The Kier molecular flexibility index (Phi) is 5.05. The Balaban J connectivity index is 1.57. The molecule has 1 aliphatic heterocycles. The number of amides is 1. The van der Waals surface area contributed by atoms with Gasteiger partial charge in [-0.3, -0.25) is 4.79 Å². The zero-order chi connectivity index (χ0) is 16.9. The maximum absolute atomic E-state index is 13.2. The Hall–Kier alpha value is -2.47. The van der Waals surface area contributed by atoms with E-state index < -0.39 is 5.82 Å². The number of carbonyl (C=O) groups excluding carboxylic acids is 1. The van der Waals surface area contributed by atoms with Crippen LogP contribution in [0.25, 0.3) is 0 Å². The summed E-state index contributed by atoms with van der Waals surface area (Å²) in [5, 5.41) is 2.69. The number of anilines is 1. The number of benzene rings is 1. The first-order valence-corrected chi connectivity index (χ1v) is 7.98. The number of pyridine rings is 1. The number of hydrogen-bond donors (Lipinski definition) is 1. The molecule has 2 heterocycles. The van der Waals surface area contributed by atoms with Gasteiger partial charge in [0.15, 0.2) is 0 Å². The predicted molar refractivity (Wildman–Crippen MR) is 89.7 cm³/mol. The highest BCUT2D eigenvalue weighted by Crippen LogP contribution is 2.18. The maximum atomic E-state index is 13.2. The van der Waals surface area contributed by atoms with Gasteiger partial charge in [0.1, 0.15) is 11.9 Å². The Morgan fingerprint density at radius 1 is 1.29 bits per heavy atom. The van der Waals surface area contributed by atoms with Gasteiger partial charge in [0, 0.05) is 24.7 Å². The summed E-state index contributed by atoms with van der Waals surface area (Å²) in [5.74, 6) is -0.267. The van der Waals surface area contributed by atoms with Gasteiger partial charge in [0.25, 0.3) is 5.91 Å². The molecule has 1 aromatic heterocycles. The normalized spacial score (nSPS) is 15.9. The molecule has 1 aliphatic rings. The summed E-state index contributed by atoms with van der Waals surface area (Å²) in [6.45, 7) is 2.04. The minimum absolute atomic E-state index is 0.182. The molecule has 0 unspecified atom stereocenters. The highest BCUT2D eigenvalue weighted by Gasteiger charge is 2.18. The van der Waals surface area contributed by atoms with Gasteiger partial charge in [-0.15, -0.1) is 0 Å². The highest BCUT2D eigenvalue weighted by atomic mass is 19.1. The number of piperidine rings is 1. The number of carbonyl (C=O) groups is 1. The van der Waals surface area contributed by atoms with E-state index in [2.05, 4.69) is 22.2 Å². The summed E-state index contributed by atoms with van der Waals surface area (Å²) in [7, 11) is 2.10. The quantitative estimate of drug-likeness (QED) is 0.937. The second-order valence-corrected chi connectivity index (χ2v) is 5.97. The average Bonchev–Trinajstić information content (AvgIpc) is 2.59. The monoisotopic (exact) mass is 329 g/mol. The second kappa shape index (κ2) is 7.40. The highest BCUT2D eigenvalue weighted by molar-refractivity contribution is 6.04. The van der Waals surface area contributed by atoms with E-state index in [4.69, 9.17) is 4.74 Å². The number of rotatable bonds is 4. The van der Waals surface area contributed by atoms with Crippen LogP contribution in [0.3, 0.4) is 0 Å². The summed E-state index contributed by atoms with van der Waals surface area (Å²) >= 11 is 0. The fourth-order valence-corrected chi connectivity index (χ4v) is 2.63. The van der Waals surface area contributed by atoms with Gasteiger partial charge in [-0.25, -0.2) is 9.37 Å². The largest absolute Gasteiger partial charge is 0.474 e. The lowest BCUT2D eigenvalue weighted by molar-refractivity contribution is 0.102. The van der Waals surface area contributed by atoms with Crippen molar-refractivity contribution >= 4 is 11.6 Å². The van der Waals surface area contributed by atoms with Gasteiger partial charge >= 0.3 is 0 Å². The molecule has 5 nitrogen and oxygen atoms in total. The standard InChI is InChI=1S/C18H20FN3O2/c1-22-9-7-16(8-10-22)24-17-6-5-15(12-20-17)21-18(23)13-3-2-4-14(19)11-13/h2-6,11-12,16H,7-10H2,1H3,(H,21,23). The van der Waals surface area contributed by atoms with Crippen LogP contribution in [0, 0.1) is 5.82 Å². The Bertz CT molecular complexity index is 698. The van der Waals surface area contributed by atoms with Gasteiger partial charge in [-0.05, 0) is 44.2 Å². The Morgan fingerprint density at radius 2 is 2.08 bits per heavy atom. The molecule has 0 bridgehead atoms. The molecule has 1 aromatic carbocycles. The van der Waals surface area contributed by atoms with E-state index in [9.17, 15) is 9.18 Å². The molecule has 6 heteroatoms. The minimum atomic E-state index is -0.442. The van der Waals surface area contributed by atoms with E-state index in [1.807, 2.05) is 0 Å². The van der Waals surface area contributed by atoms with Gasteiger partial charge in [-0.2, -0.15) is 0 Å². The molecule has 2 aromatic rings. The molecule has 1 fully saturated rings. The molecule has 24 heavy (non-hydrogen) atoms. The summed E-state index contributed by atoms with van der Waals surface area (Å²) in [6, 6.07) is 9.02. The van der Waals surface area contributed by atoms with Crippen molar-refractivity contribution < 1.29 is 13.9 Å². The predicted octanol–water partition coefficient (Wildman–Crippen LogP) is 2.95. The fraction of sp³-hybridized carbons (Fsp3) is 0.333. The summed E-state index contributed by atoms with van der Waals surface area (Å²) in [5.41, 5.74) is 0.807. The maximum Gasteiger partial charge on any atom is 0.255 e. The number of nitrogens with zero attached hydrogens (tertiary/aromatic N) is 2. The van der Waals surface area contributed by atoms with Crippen LogP contribution in [-0.2, 0) is 0 Å². The van der Waals surface area contributed by atoms with Crippen molar-refractivity contribution in [3.8, 4) is 5.88 Å². The van der Waals surface area contributed by atoms with E-state index in [1.165, 1.54) is 18.2 Å². The third-order valence-corrected chi connectivity index (χ3v) is 4.03. The molecule has 0 saturated carbocycles. The fourth-order valence-electron chi connectivity index (χ4n) is 2.63. The summed E-state index contributed by atoms with van der Waals surface area (Å²) < 4.78 is 19.0. The number of ether oxygens (including phenoxy) is 1. The van der Waals surface area contributed by atoms with Gasteiger partial charge < -0.3 is 15.0 Å². The Labute approximate surface area is 140 Å². The third kappa shape index (κ3) is 4.29. The van der Waals surface area contributed by atoms with E-state index in [0.29, 0.717) is 11.6 Å². The van der Waals surface area contributed by atoms with E-state index in [-0.39, 0.29) is 17.6 Å². The van der Waals surface area contributed by atoms with Crippen molar-refractivity contribution in [2.45, 2.75) is 18.9 Å². The van der Waals surface area contributed by atoms with E-state index in [0.717, 1.165) is 25.9 Å². The smallest absolute Gasteiger partial charge is 0.255 e. The van der Waals surface area contributed by atoms with Crippen LogP contribution in [0.2, 0.25) is 0 Å². The molecular formula is C18H20FN3O2. The number of likely N-dealkylation sites (tertiary alicyclic amines) is 1. The Morgan fingerprint density at radius 3 is 2.75 bits per heavy atom. The number of hydrogen-bond acceptors (Lipinski definition) is 4. The molecule has 1 saturated heterocycles. The number of halogens is 1. The van der Waals surface area contributed by atoms with Crippen molar-refractivity contribution in [3.63, 3.8) is 0 Å². The number of aromatic nitrogens is 1. The van der Waals surface area contributed by atoms with Crippen molar-refractivity contribution in [1.82, 2.24) is 9.88 Å². The average molecular weight is 329 g/mol. The van der Waals surface area contributed by atoms with Crippen molar-refractivity contribution in [2.24, 2.45) is 0 Å². The van der Waals surface area contributed by atoms with Gasteiger partial charge in [0.05, 0.1) is 11.9 Å². The molecular weight excluding hydrogens is 309 g/mol. The van der Waals surface area contributed by atoms with Crippen LogP contribution in [0.1, 0.15) is 23.2 Å². The zero-order valence-corrected chi connectivity index (χ0v) is 13.5. The first-order chi connectivity index (χ1) is 11.6. The van der Waals surface area contributed by atoms with Crippen molar-refractivity contribution in [1.29, 1.82) is 0 Å². The molecule has 1 amide bonds. The van der Waals surface area contributed by atoms with Gasteiger partial charge in [0.2, 0.25) is 5.88 Å². The SMILES string of the molecule is CN1CCC(Oc2ccc(NC(=O)c3cccc(F)c3)cn2)CC1. The van der Waals surface area contributed by atoms with E-state index in [1.54, 1.807) is 24.4 Å². The van der Waals surface area contributed by atoms with Crippen LogP contribution < -0.4 is 10.1 Å².